The van der Waals surface area contributed by atoms with Crippen LogP contribution < -0.4 is 0 Å². The van der Waals surface area contributed by atoms with Crippen LogP contribution >= 0.6 is 22.9 Å². The van der Waals surface area contributed by atoms with Crippen molar-refractivity contribution >= 4 is 34.6 Å². The first-order valence-electron chi connectivity index (χ1n) is 5.80. The molecule has 0 saturated carbocycles. The Hall–Kier alpha value is -1.59. The molecule has 98 valence electrons. The molecule has 3 heterocycles. The van der Waals surface area contributed by atoms with Gasteiger partial charge >= 0.3 is 0 Å². The van der Waals surface area contributed by atoms with Gasteiger partial charge < -0.3 is 4.42 Å². The molecule has 1 unspecified atom stereocenters. The van der Waals surface area contributed by atoms with E-state index in [1.54, 1.807) is 23.5 Å². The molecule has 19 heavy (non-hydrogen) atoms. The van der Waals surface area contributed by atoms with Crippen LogP contribution in [0.15, 0.2) is 38.5 Å². The lowest BCUT2D eigenvalue weighted by Gasteiger charge is -2.17. The molecule has 6 heteroatoms. The van der Waals surface area contributed by atoms with Crippen molar-refractivity contribution in [1.29, 1.82) is 0 Å². The van der Waals surface area contributed by atoms with Crippen LogP contribution in [0.5, 0.6) is 0 Å². The monoisotopic (exact) mass is 294 g/mol. The van der Waals surface area contributed by atoms with Gasteiger partial charge in [0, 0.05) is 18.9 Å². The molecule has 1 atom stereocenters. The fraction of sp³-hybridized carbons (Fsp3) is 0.231. The average Bonchev–Trinajstić information content (AvgIpc) is 3.07. The van der Waals surface area contributed by atoms with Crippen molar-refractivity contribution in [2.24, 2.45) is 5.10 Å². The third-order valence-corrected chi connectivity index (χ3v) is 3.90. The molecule has 0 N–H and O–H groups in total. The lowest BCUT2D eigenvalue weighted by molar-refractivity contribution is -0.130. The van der Waals surface area contributed by atoms with E-state index >= 15 is 0 Å². The molecule has 0 bridgehead atoms. The Morgan fingerprint density at radius 3 is 2.95 bits per heavy atom. The summed E-state index contributed by atoms with van der Waals surface area (Å²) in [6, 6.07) is 5.26. The van der Waals surface area contributed by atoms with Crippen molar-refractivity contribution in [3.8, 4) is 0 Å². The van der Waals surface area contributed by atoms with Crippen LogP contribution in [0, 0.1) is 0 Å². The molecule has 1 amide bonds. The highest BCUT2D eigenvalue weighted by Gasteiger charge is 2.33. The van der Waals surface area contributed by atoms with Gasteiger partial charge in [0.1, 0.15) is 11.8 Å². The van der Waals surface area contributed by atoms with Gasteiger partial charge in [-0.25, -0.2) is 5.01 Å². The Kier molecular flexibility index (Phi) is 3.16. The van der Waals surface area contributed by atoms with Crippen molar-refractivity contribution in [3.63, 3.8) is 0 Å². The van der Waals surface area contributed by atoms with E-state index in [4.69, 9.17) is 16.0 Å². The number of amides is 1. The summed E-state index contributed by atoms with van der Waals surface area (Å²) in [4.78, 5) is 11.7. The van der Waals surface area contributed by atoms with E-state index in [1.807, 2.05) is 16.8 Å². The van der Waals surface area contributed by atoms with E-state index in [0.717, 1.165) is 11.3 Å². The maximum Gasteiger partial charge on any atom is 0.240 e. The Balaban J connectivity index is 1.93. The van der Waals surface area contributed by atoms with Crippen molar-refractivity contribution in [2.45, 2.75) is 19.4 Å². The predicted octanol–water partition coefficient (Wildman–Crippen LogP) is 3.69. The number of nitrogens with zero attached hydrogens (tertiary/aromatic N) is 2. The summed E-state index contributed by atoms with van der Waals surface area (Å²) in [5, 5.41) is 10.2. The molecule has 0 aliphatic carbocycles. The number of halogens is 1. The van der Waals surface area contributed by atoms with E-state index in [-0.39, 0.29) is 11.9 Å². The van der Waals surface area contributed by atoms with Gasteiger partial charge in [0.05, 0.1) is 5.71 Å². The Labute approximate surface area is 119 Å². The van der Waals surface area contributed by atoms with Gasteiger partial charge in [-0.3, -0.25) is 4.79 Å². The number of carbonyl (C=O) groups excluding carboxylic acids is 1. The van der Waals surface area contributed by atoms with E-state index in [9.17, 15) is 4.79 Å². The van der Waals surface area contributed by atoms with Gasteiger partial charge in [-0.15, -0.1) is 0 Å². The van der Waals surface area contributed by atoms with Gasteiger partial charge in [-0.05, 0) is 40.6 Å². The Morgan fingerprint density at radius 1 is 1.53 bits per heavy atom. The van der Waals surface area contributed by atoms with Crippen LogP contribution in [0.1, 0.15) is 30.7 Å². The van der Waals surface area contributed by atoms with Gasteiger partial charge in [-0.1, -0.05) is 0 Å². The average molecular weight is 295 g/mol. The molecule has 0 aromatic carbocycles. The second kappa shape index (κ2) is 4.83. The Morgan fingerprint density at radius 2 is 2.37 bits per heavy atom. The van der Waals surface area contributed by atoms with Crippen molar-refractivity contribution in [3.05, 3.63) is 45.5 Å². The highest BCUT2D eigenvalue weighted by atomic mass is 35.5. The molecule has 1 aliphatic heterocycles. The molecule has 4 nitrogen and oxygen atoms in total. The topological polar surface area (TPSA) is 45.8 Å². The SMILES string of the molecule is CC(=O)N1N=C(c2ccsc2)CC1c1ccc(Cl)o1. The third-order valence-electron chi connectivity index (χ3n) is 3.01. The van der Waals surface area contributed by atoms with Gasteiger partial charge in [0.15, 0.2) is 5.22 Å². The first-order valence-corrected chi connectivity index (χ1v) is 7.12. The molecule has 0 fully saturated rings. The molecule has 0 radical (unpaired) electrons. The van der Waals surface area contributed by atoms with E-state index < -0.39 is 0 Å². The molecule has 3 rings (SSSR count). The van der Waals surface area contributed by atoms with Gasteiger partial charge in [0.25, 0.3) is 0 Å². The summed E-state index contributed by atoms with van der Waals surface area (Å²) in [5.41, 5.74) is 1.95. The summed E-state index contributed by atoms with van der Waals surface area (Å²) < 4.78 is 5.41. The minimum absolute atomic E-state index is 0.109. The second-order valence-electron chi connectivity index (χ2n) is 4.28. The van der Waals surface area contributed by atoms with Gasteiger partial charge in [0.2, 0.25) is 5.91 Å². The Bertz CT molecular complexity index is 633. The van der Waals surface area contributed by atoms with Crippen molar-refractivity contribution in [2.75, 3.05) is 0 Å². The maximum absolute atomic E-state index is 11.7. The number of rotatable bonds is 2. The van der Waals surface area contributed by atoms with Crippen LogP contribution in [0.25, 0.3) is 0 Å². The summed E-state index contributed by atoms with van der Waals surface area (Å²) in [6.45, 7) is 1.50. The molecule has 0 saturated heterocycles. The largest absolute Gasteiger partial charge is 0.447 e. The lowest BCUT2D eigenvalue weighted by Crippen LogP contribution is -2.23. The van der Waals surface area contributed by atoms with Crippen LogP contribution in [0.4, 0.5) is 0 Å². The maximum atomic E-state index is 11.7. The first-order chi connectivity index (χ1) is 9.15. The summed E-state index contributed by atoms with van der Waals surface area (Å²) in [5.74, 6) is 0.553. The summed E-state index contributed by atoms with van der Waals surface area (Å²) >= 11 is 7.40. The lowest BCUT2D eigenvalue weighted by atomic mass is 10.1. The number of furan rings is 1. The van der Waals surface area contributed by atoms with Crippen molar-refractivity contribution < 1.29 is 9.21 Å². The zero-order valence-corrected chi connectivity index (χ0v) is 11.7. The van der Waals surface area contributed by atoms with Gasteiger partial charge in [-0.2, -0.15) is 16.4 Å². The third kappa shape index (κ3) is 2.31. The minimum Gasteiger partial charge on any atom is -0.447 e. The standard InChI is InChI=1S/C13H11ClN2O2S/c1-8(17)16-11(12-2-3-13(14)18-12)6-10(15-16)9-4-5-19-7-9/h2-5,7,11H,6H2,1H3. The highest BCUT2D eigenvalue weighted by molar-refractivity contribution is 7.08. The summed E-state index contributed by atoms with van der Waals surface area (Å²) in [7, 11) is 0. The number of hydrazone groups is 1. The van der Waals surface area contributed by atoms with Crippen LogP contribution in [-0.4, -0.2) is 16.6 Å². The number of thiophene rings is 1. The van der Waals surface area contributed by atoms with E-state index in [2.05, 4.69) is 5.10 Å². The summed E-state index contributed by atoms with van der Waals surface area (Å²) in [6.07, 6.45) is 0.639. The van der Waals surface area contributed by atoms with E-state index in [1.165, 1.54) is 11.9 Å². The fourth-order valence-electron chi connectivity index (χ4n) is 2.13. The smallest absolute Gasteiger partial charge is 0.240 e. The molecule has 2 aromatic rings. The molecule has 1 aliphatic rings. The normalized spacial score (nSPS) is 18.7. The molecule has 2 aromatic heterocycles. The number of carbonyl (C=O) groups is 1. The fourth-order valence-corrected chi connectivity index (χ4v) is 2.95. The zero-order chi connectivity index (χ0) is 13.4. The van der Waals surface area contributed by atoms with Crippen LogP contribution in [0.3, 0.4) is 0 Å². The number of hydrogen-bond donors (Lipinski definition) is 0. The quantitative estimate of drug-likeness (QED) is 0.848. The second-order valence-corrected chi connectivity index (χ2v) is 5.44. The number of hydrogen-bond acceptors (Lipinski definition) is 4. The van der Waals surface area contributed by atoms with Crippen LogP contribution in [0.2, 0.25) is 5.22 Å². The molecular weight excluding hydrogens is 284 g/mol. The molecular formula is C13H11ClN2O2S. The predicted molar refractivity (Wildman–Crippen MR) is 74.5 cm³/mol. The first kappa shape index (κ1) is 12.4. The highest BCUT2D eigenvalue weighted by Crippen LogP contribution is 2.34. The van der Waals surface area contributed by atoms with Crippen LogP contribution in [-0.2, 0) is 4.79 Å². The minimum atomic E-state index is -0.208. The van der Waals surface area contributed by atoms with E-state index in [0.29, 0.717) is 17.4 Å². The molecule has 0 spiro atoms. The van der Waals surface area contributed by atoms with Crippen molar-refractivity contribution in [1.82, 2.24) is 5.01 Å². The zero-order valence-electron chi connectivity index (χ0n) is 10.2.